The zero-order valence-corrected chi connectivity index (χ0v) is 13.8. The number of aliphatic imine (C=N–C) groups is 1. The number of anilines is 1. The van der Waals surface area contributed by atoms with Crippen molar-refractivity contribution in [2.24, 2.45) is 4.99 Å². The molecule has 1 amide bonds. The minimum atomic E-state index is -0.0135. The van der Waals surface area contributed by atoms with Crippen molar-refractivity contribution >= 4 is 50.5 Å². The number of hydrogen-bond acceptors (Lipinski definition) is 4. The van der Waals surface area contributed by atoms with Crippen LogP contribution in [0.2, 0.25) is 0 Å². The van der Waals surface area contributed by atoms with Gasteiger partial charge in [0.05, 0.1) is 11.4 Å². The molecule has 0 spiro atoms. The van der Waals surface area contributed by atoms with Gasteiger partial charge < -0.3 is 10.6 Å². The SMILES string of the molecule is C=Cc1c(N=C(C)C)ccc2sc3c(c12)NC[C@@H](C)NC3=O. The van der Waals surface area contributed by atoms with Crippen molar-refractivity contribution in [1.82, 2.24) is 5.32 Å². The zero-order valence-electron chi connectivity index (χ0n) is 13.0. The highest BCUT2D eigenvalue weighted by Crippen LogP contribution is 2.42. The Labute approximate surface area is 133 Å². The van der Waals surface area contributed by atoms with Gasteiger partial charge in [-0.15, -0.1) is 11.3 Å². The largest absolute Gasteiger partial charge is 0.381 e. The van der Waals surface area contributed by atoms with Crippen molar-refractivity contribution in [2.75, 3.05) is 11.9 Å². The molecule has 114 valence electrons. The summed E-state index contributed by atoms with van der Waals surface area (Å²) >= 11 is 1.51. The summed E-state index contributed by atoms with van der Waals surface area (Å²) in [5.74, 6) is -0.0135. The highest BCUT2D eigenvalue weighted by atomic mass is 32.1. The van der Waals surface area contributed by atoms with Gasteiger partial charge in [-0.2, -0.15) is 0 Å². The number of nitrogens with zero attached hydrogens (tertiary/aromatic N) is 1. The van der Waals surface area contributed by atoms with Crippen molar-refractivity contribution in [3.05, 3.63) is 29.2 Å². The molecule has 1 aromatic carbocycles. The maximum Gasteiger partial charge on any atom is 0.263 e. The van der Waals surface area contributed by atoms with E-state index in [1.165, 1.54) is 11.3 Å². The molecule has 0 bridgehead atoms. The molecule has 1 aromatic heterocycles. The molecule has 0 unspecified atom stereocenters. The fourth-order valence-electron chi connectivity index (χ4n) is 2.68. The van der Waals surface area contributed by atoms with Gasteiger partial charge in [-0.1, -0.05) is 12.7 Å². The van der Waals surface area contributed by atoms with Crippen molar-refractivity contribution in [1.29, 1.82) is 0 Å². The molecule has 0 fully saturated rings. The van der Waals surface area contributed by atoms with Gasteiger partial charge >= 0.3 is 0 Å². The Bertz CT molecular complexity index is 800. The Morgan fingerprint density at radius 2 is 2.23 bits per heavy atom. The van der Waals surface area contributed by atoms with Gasteiger partial charge in [-0.25, -0.2) is 0 Å². The van der Waals surface area contributed by atoms with Crippen LogP contribution in [0.1, 0.15) is 36.0 Å². The fourth-order valence-corrected chi connectivity index (χ4v) is 3.77. The molecule has 1 atom stereocenters. The van der Waals surface area contributed by atoms with E-state index in [1.54, 1.807) is 0 Å². The molecule has 2 heterocycles. The van der Waals surface area contributed by atoms with E-state index in [-0.39, 0.29) is 11.9 Å². The topological polar surface area (TPSA) is 53.5 Å². The number of carbonyl (C=O) groups excluding carboxylic acids is 1. The van der Waals surface area contributed by atoms with E-state index < -0.39 is 0 Å². The highest BCUT2D eigenvalue weighted by Gasteiger charge is 2.25. The molecule has 1 aliphatic rings. The van der Waals surface area contributed by atoms with Gasteiger partial charge in [0.15, 0.2) is 0 Å². The highest BCUT2D eigenvalue weighted by molar-refractivity contribution is 7.21. The summed E-state index contributed by atoms with van der Waals surface area (Å²) in [6.07, 6.45) is 1.82. The molecule has 0 aliphatic carbocycles. The van der Waals surface area contributed by atoms with E-state index >= 15 is 0 Å². The lowest BCUT2D eigenvalue weighted by Gasteiger charge is -2.10. The molecule has 4 nitrogen and oxygen atoms in total. The van der Waals surface area contributed by atoms with Gasteiger partial charge in [0.1, 0.15) is 4.88 Å². The first-order chi connectivity index (χ1) is 10.5. The quantitative estimate of drug-likeness (QED) is 0.816. The predicted molar refractivity (Wildman–Crippen MR) is 95.8 cm³/mol. The molecule has 0 radical (unpaired) electrons. The van der Waals surface area contributed by atoms with Crippen LogP contribution < -0.4 is 10.6 Å². The molecule has 22 heavy (non-hydrogen) atoms. The average molecular weight is 313 g/mol. The van der Waals surface area contributed by atoms with E-state index in [2.05, 4.69) is 22.2 Å². The van der Waals surface area contributed by atoms with Crippen LogP contribution in [0.15, 0.2) is 23.7 Å². The Morgan fingerprint density at radius 1 is 1.45 bits per heavy atom. The van der Waals surface area contributed by atoms with E-state index in [4.69, 9.17) is 0 Å². The molecule has 3 rings (SSSR count). The van der Waals surface area contributed by atoms with Gasteiger partial charge in [0.25, 0.3) is 5.91 Å². The minimum absolute atomic E-state index is 0.0135. The van der Waals surface area contributed by atoms with Crippen LogP contribution in [0, 0.1) is 0 Å². The minimum Gasteiger partial charge on any atom is -0.381 e. The monoisotopic (exact) mass is 313 g/mol. The maximum atomic E-state index is 12.4. The lowest BCUT2D eigenvalue weighted by molar-refractivity contribution is 0.0949. The molecule has 2 N–H and O–H groups in total. The van der Waals surface area contributed by atoms with Crippen LogP contribution >= 0.6 is 11.3 Å². The van der Waals surface area contributed by atoms with Crippen molar-refractivity contribution in [3.8, 4) is 0 Å². The third-order valence-corrected chi connectivity index (χ3v) is 4.74. The standard InChI is InChI=1S/C17H19N3OS/c1-5-11-12(19-9(2)3)6-7-13-14(11)15-16(22-13)17(21)20-10(4)8-18-15/h5-7,10,18H,1,8H2,2-4H3,(H,20,21)/t10-/m1/s1. The lowest BCUT2D eigenvalue weighted by Crippen LogP contribution is -2.34. The van der Waals surface area contributed by atoms with Crippen molar-refractivity contribution < 1.29 is 4.79 Å². The molecule has 2 aromatic rings. The summed E-state index contributed by atoms with van der Waals surface area (Å²) in [5.41, 5.74) is 3.76. The number of thiophene rings is 1. The number of nitrogens with one attached hydrogen (secondary N) is 2. The predicted octanol–water partition coefficient (Wildman–Crippen LogP) is 4.20. The van der Waals surface area contributed by atoms with E-state index in [1.807, 2.05) is 39.0 Å². The molecule has 1 aliphatic heterocycles. The first kappa shape index (κ1) is 14.8. The van der Waals surface area contributed by atoms with Gasteiger partial charge in [-0.3, -0.25) is 9.79 Å². The van der Waals surface area contributed by atoms with Crippen LogP contribution in [0.25, 0.3) is 16.2 Å². The number of rotatable bonds is 2. The van der Waals surface area contributed by atoms with E-state index in [0.29, 0.717) is 6.54 Å². The maximum absolute atomic E-state index is 12.4. The Kier molecular flexibility index (Phi) is 3.74. The normalized spacial score (nSPS) is 17.2. The number of hydrogen-bond donors (Lipinski definition) is 2. The Balaban J connectivity index is 2.30. The fraction of sp³-hybridized carbons (Fsp3) is 0.294. The smallest absolute Gasteiger partial charge is 0.263 e. The molecule has 0 saturated heterocycles. The summed E-state index contributed by atoms with van der Waals surface area (Å²) in [4.78, 5) is 17.7. The second-order valence-corrected chi connectivity index (χ2v) is 6.75. The summed E-state index contributed by atoms with van der Waals surface area (Å²) in [6, 6.07) is 4.12. The molecule has 0 saturated carbocycles. The van der Waals surface area contributed by atoms with Crippen LogP contribution in [-0.4, -0.2) is 24.2 Å². The zero-order chi connectivity index (χ0) is 15.9. The van der Waals surface area contributed by atoms with E-state index in [9.17, 15) is 4.79 Å². The van der Waals surface area contributed by atoms with Crippen molar-refractivity contribution in [3.63, 3.8) is 0 Å². The summed E-state index contributed by atoms with van der Waals surface area (Å²) in [5, 5.41) is 7.46. The second-order valence-electron chi connectivity index (χ2n) is 5.70. The lowest BCUT2D eigenvalue weighted by atomic mass is 10.1. The van der Waals surface area contributed by atoms with Gasteiger partial charge in [0.2, 0.25) is 0 Å². The number of fused-ring (bicyclic) bond motifs is 3. The Morgan fingerprint density at radius 3 is 2.91 bits per heavy atom. The van der Waals surface area contributed by atoms with Gasteiger partial charge in [-0.05, 0) is 32.9 Å². The first-order valence-corrected chi connectivity index (χ1v) is 8.11. The van der Waals surface area contributed by atoms with Crippen LogP contribution in [0.4, 0.5) is 11.4 Å². The third-order valence-electron chi connectivity index (χ3n) is 3.59. The summed E-state index contributed by atoms with van der Waals surface area (Å²) in [6.45, 7) is 10.6. The average Bonchev–Trinajstić information content (AvgIpc) is 2.76. The number of carbonyl (C=O) groups is 1. The molecule has 5 heteroatoms. The van der Waals surface area contributed by atoms with E-state index in [0.717, 1.165) is 37.6 Å². The summed E-state index contributed by atoms with van der Waals surface area (Å²) < 4.78 is 1.07. The van der Waals surface area contributed by atoms with Crippen LogP contribution in [0.5, 0.6) is 0 Å². The summed E-state index contributed by atoms with van der Waals surface area (Å²) in [7, 11) is 0. The number of benzene rings is 1. The molecular weight excluding hydrogens is 294 g/mol. The van der Waals surface area contributed by atoms with Crippen LogP contribution in [0.3, 0.4) is 0 Å². The van der Waals surface area contributed by atoms with Crippen molar-refractivity contribution in [2.45, 2.75) is 26.8 Å². The third kappa shape index (κ3) is 2.41. The van der Waals surface area contributed by atoms with Gasteiger partial charge in [0, 0.05) is 33.9 Å². The second kappa shape index (κ2) is 5.57. The Hall–Kier alpha value is -2.14. The first-order valence-electron chi connectivity index (χ1n) is 7.30. The number of amides is 1. The molecular formula is C17H19N3OS. The van der Waals surface area contributed by atoms with Crippen LogP contribution in [-0.2, 0) is 0 Å².